The van der Waals surface area contributed by atoms with Gasteiger partial charge in [-0.05, 0) is 24.6 Å². The fraction of sp³-hybridized carbons (Fsp3) is 0.357. The van der Waals surface area contributed by atoms with E-state index in [1.165, 1.54) is 0 Å². The molecule has 0 aliphatic heterocycles. The zero-order valence-electron chi connectivity index (χ0n) is 10.7. The quantitative estimate of drug-likeness (QED) is 0.899. The summed E-state index contributed by atoms with van der Waals surface area (Å²) in [5.41, 5.74) is 2.25. The molecule has 1 atom stereocenters. The first kappa shape index (κ1) is 13.1. The van der Waals surface area contributed by atoms with Crippen LogP contribution in [0.15, 0.2) is 36.5 Å². The molecule has 3 nitrogen and oxygen atoms in total. The van der Waals surface area contributed by atoms with E-state index in [0.717, 1.165) is 29.2 Å². The monoisotopic (exact) mass is 263 g/mol. The summed E-state index contributed by atoms with van der Waals surface area (Å²) in [6.07, 6.45) is 2.89. The number of hydrogen-bond acceptors (Lipinski definition) is 2. The molecule has 0 saturated carbocycles. The molecule has 1 aromatic heterocycles. The van der Waals surface area contributed by atoms with Crippen LogP contribution in [0.2, 0.25) is 5.02 Å². The summed E-state index contributed by atoms with van der Waals surface area (Å²) >= 11 is 6.16. The third-order valence-corrected chi connectivity index (χ3v) is 3.32. The SMILES string of the molecule is CC(NCCc1ccn(C)n1)c1ccccc1Cl. The largest absolute Gasteiger partial charge is 0.310 e. The van der Waals surface area contributed by atoms with Gasteiger partial charge in [-0.25, -0.2) is 0 Å². The van der Waals surface area contributed by atoms with Gasteiger partial charge in [0.15, 0.2) is 0 Å². The van der Waals surface area contributed by atoms with Crippen molar-refractivity contribution in [2.24, 2.45) is 7.05 Å². The Morgan fingerprint density at radius 1 is 1.33 bits per heavy atom. The average Bonchev–Trinajstić information content (AvgIpc) is 2.75. The fourth-order valence-corrected chi connectivity index (χ4v) is 2.25. The summed E-state index contributed by atoms with van der Waals surface area (Å²) in [6.45, 7) is 3.02. The Morgan fingerprint density at radius 3 is 2.78 bits per heavy atom. The molecular weight excluding hydrogens is 246 g/mol. The van der Waals surface area contributed by atoms with Crippen LogP contribution in [-0.4, -0.2) is 16.3 Å². The van der Waals surface area contributed by atoms with Crippen LogP contribution >= 0.6 is 11.6 Å². The van der Waals surface area contributed by atoms with Crippen molar-refractivity contribution in [3.05, 3.63) is 52.8 Å². The molecule has 4 heteroatoms. The van der Waals surface area contributed by atoms with E-state index in [0.29, 0.717) is 0 Å². The Kier molecular flexibility index (Phi) is 4.39. The van der Waals surface area contributed by atoms with Crippen LogP contribution in [0.5, 0.6) is 0 Å². The second kappa shape index (κ2) is 6.03. The molecule has 1 heterocycles. The molecule has 2 rings (SSSR count). The molecule has 0 aliphatic carbocycles. The fourth-order valence-electron chi connectivity index (χ4n) is 1.95. The standard InChI is InChI=1S/C14H18ClN3/c1-11(13-5-3-4-6-14(13)15)16-9-7-12-8-10-18(2)17-12/h3-6,8,10-11,16H,7,9H2,1-2H3. The van der Waals surface area contributed by atoms with Crippen molar-refractivity contribution in [2.75, 3.05) is 6.54 Å². The second-order valence-corrected chi connectivity index (χ2v) is 4.84. The van der Waals surface area contributed by atoms with E-state index in [-0.39, 0.29) is 6.04 Å². The van der Waals surface area contributed by atoms with Crippen molar-refractivity contribution >= 4 is 11.6 Å². The smallest absolute Gasteiger partial charge is 0.0637 e. The van der Waals surface area contributed by atoms with Crippen LogP contribution < -0.4 is 5.32 Å². The lowest BCUT2D eigenvalue weighted by molar-refractivity contribution is 0.571. The van der Waals surface area contributed by atoms with Crippen molar-refractivity contribution in [1.29, 1.82) is 0 Å². The Morgan fingerprint density at radius 2 is 2.11 bits per heavy atom. The zero-order valence-corrected chi connectivity index (χ0v) is 11.5. The van der Waals surface area contributed by atoms with Gasteiger partial charge in [0, 0.05) is 37.3 Å². The van der Waals surface area contributed by atoms with Crippen LogP contribution in [0.3, 0.4) is 0 Å². The minimum atomic E-state index is 0.252. The summed E-state index contributed by atoms with van der Waals surface area (Å²) in [4.78, 5) is 0. The Balaban J connectivity index is 1.85. The van der Waals surface area contributed by atoms with Gasteiger partial charge in [0.1, 0.15) is 0 Å². The maximum Gasteiger partial charge on any atom is 0.0637 e. The number of hydrogen-bond donors (Lipinski definition) is 1. The van der Waals surface area contributed by atoms with Crippen molar-refractivity contribution in [3.8, 4) is 0 Å². The zero-order chi connectivity index (χ0) is 13.0. The summed E-state index contributed by atoms with van der Waals surface area (Å²) in [6, 6.07) is 10.2. The first-order valence-electron chi connectivity index (χ1n) is 6.13. The van der Waals surface area contributed by atoms with E-state index >= 15 is 0 Å². The Bertz CT molecular complexity index is 507. The lowest BCUT2D eigenvalue weighted by atomic mass is 10.1. The molecule has 0 saturated heterocycles. The normalized spacial score (nSPS) is 12.6. The van der Waals surface area contributed by atoms with Gasteiger partial charge in [-0.1, -0.05) is 29.8 Å². The minimum absolute atomic E-state index is 0.252. The molecule has 1 aromatic carbocycles. The average molecular weight is 264 g/mol. The van der Waals surface area contributed by atoms with Gasteiger partial charge in [-0.15, -0.1) is 0 Å². The van der Waals surface area contributed by atoms with Gasteiger partial charge in [0.05, 0.1) is 5.69 Å². The van der Waals surface area contributed by atoms with Crippen LogP contribution in [-0.2, 0) is 13.5 Å². The molecule has 0 amide bonds. The highest BCUT2D eigenvalue weighted by molar-refractivity contribution is 6.31. The number of halogens is 1. The molecule has 0 radical (unpaired) electrons. The molecule has 1 unspecified atom stereocenters. The first-order chi connectivity index (χ1) is 8.66. The van der Waals surface area contributed by atoms with Crippen molar-refractivity contribution in [2.45, 2.75) is 19.4 Å². The molecule has 0 aliphatic rings. The van der Waals surface area contributed by atoms with E-state index in [1.807, 2.05) is 42.2 Å². The summed E-state index contributed by atoms with van der Waals surface area (Å²) in [5.74, 6) is 0. The molecule has 96 valence electrons. The van der Waals surface area contributed by atoms with Crippen molar-refractivity contribution in [3.63, 3.8) is 0 Å². The number of nitrogens with zero attached hydrogens (tertiary/aromatic N) is 2. The van der Waals surface area contributed by atoms with E-state index in [2.05, 4.69) is 23.4 Å². The van der Waals surface area contributed by atoms with Gasteiger partial charge in [-0.2, -0.15) is 5.10 Å². The van der Waals surface area contributed by atoms with E-state index in [1.54, 1.807) is 0 Å². The van der Waals surface area contributed by atoms with E-state index < -0.39 is 0 Å². The lowest BCUT2D eigenvalue weighted by Gasteiger charge is -2.15. The number of aryl methyl sites for hydroxylation is 1. The van der Waals surface area contributed by atoms with Gasteiger partial charge in [0.25, 0.3) is 0 Å². The maximum absolute atomic E-state index is 6.16. The number of nitrogens with one attached hydrogen (secondary N) is 1. The molecule has 18 heavy (non-hydrogen) atoms. The summed E-state index contributed by atoms with van der Waals surface area (Å²) in [5, 5.41) is 8.63. The van der Waals surface area contributed by atoms with Crippen LogP contribution in [0.25, 0.3) is 0 Å². The maximum atomic E-state index is 6.16. The van der Waals surface area contributed by atoms with Crippen LogP contribution in [0.1, 0.15) is 24.2 Å². The lowest BCUT2D eigenvalue weighted by Crippen LogP contribution is -2.21. The highest BCUT2D eigenvalue weighted by atomic mass is 35.5. The van der Waals surface area contributed by atoms with Crippen LogP contribution in [0, 0.1) is 0 Å². The Labute approximate surface area is 113 Å². The second-order valence-electron chi connectivity index (χ2n) is 4.43. The molecule has 0 bridgehead atoms. The van der Waals surface area contributed by atoms with Gasteiger partial charge in [-0.3, -0.25) is 4.68 Å². The van der Waals surface area contributed by atoms with Crippen molar-refractivity contribution in [1.82, 2.24) is 15.1 Å². The highest BCUT2D eigenvalue weighted by Gasteiger charge is 2.08. The number of aromatic nitrogens is 2. The topological polar surface area (TPSA) is 29.9 Å². The third-order valence-electron chi connectivity index (χ3n) is 2.97. The van der Waals surface area contributed by atoms with Crippen LogP contribution in [0.4, 0.5) is 0 Å². The number of benzene rings is 1. The van der Waals surface area contributed by atoms with E-state index in [4.69, 9.17) is 11.6 Å². The Hall–Kier alpha value is -1.32. The number of rotatable bonds is 5. The molecule has 0 spiro atoms. The van der Waals surface area contributed by atoms with E-state index in [9.17, 15) is 0 Å². The molecule has 1 N–H and O–H groups in total. The molecule has 0 fully saturated rings. The van der Waals surface area contributed by atoms with Gasteiger partial charge in [0.2, 0.25) is 0 Å². The van der Waals surface area contributed by atoms with Gasteiger partial charge < -0.3 is 5.32 Å². The predicted octanol–water partition coefficient (Wildman–Crippen LogP) is 2.97. The predicted molar refractivity (Wildman–Crippen MR) is 74.8 cm³/mol. The summed E-state index contributed by atoms with van der Waals surface area (Å²) < 4.78 is 1.83. The summed E-state index contributed by atoms with van der Waals surface area (Å²) in [7, 11) is 1.93. The molecule has 2 aromatic rings. The minimum Gasteiger partial charge on any atom is -0.310 e. The molecular formula is C14H18ClN3. The third kappa shape index (κ3) is 3.34. The van der Waals surface area contributed by atoms with Crippen molar-refractivity contribution < 1.29 is 0 Å². The highest BCUT2D eigenvalue weighted by Crippen LogP contribution is 2.21. The first-order valence-corrected chi connectivity index (χ1v) is 6.51. The van der Waals surface area contributed by atoms with Gasteiger partial charge >= 0.3 is 0 Å².